The van der Waals surface area contributed by atoms with E-state index in [2.05, 4.69) is 77.7 Å². The molecule has 3 nitrogen and oxygen atoms in total. The van der Waals surface area contributed by atoms with Crippen molar-refractivity contribution in [1.82, 2.24) is 4.90 Å². The van der Waals surface area contributed by atoms with Crippen molar-refractivity contribution >= 4 is 28.4 Å². The van der Waals surface area contributed by atoms with Gasteiger partial charge in [0, 0.05) is 26.0 Å². The van der Waals surface area contributed by atoms with Gasteiger partial charge in [0.15, 0.2) is 0 Å². The second-order valence-electron chi connectivity index (χ2n) is 7.20. The minimum atomic E-state index is 0.284. The van der Waals surface area contributed by atoms with E-state index < -0.39 is 0 Å². The summed E-state index contributed by atoms with van der Waals surface area (Å²) in [6.45, 7) is 1.76. The van der Waals surface area contributed by atoms with Crippen LogP contribution in [-0.2, 0) is 10.5 Å². The number of aliphatic hydroxyl groups is 1. The zero-order valence-electron chi connectivity index (χ0n) is 17.0. The summed E-state index contributed by atoms with van der Waals surface area (Å²) < 4.78 is 0. The predicted octanol–water partition coefficient (Wildman–Crippen LogP) is 5.09. The molecule has 0 radical (unpaired) electrons. The first-order valence-corrected chi connectivity index (χ1v) is 11.3. The quantitative estimate of drug-likeness (QED) is 0.641. The van der Waals surface area contributed by atoms with Gasteiger partial charge in [0.2, 0.25) is 5.91 Å². The van der Waals surface area contributed by atoms with E-state index in [9.17, 15) is 4.79 Å². The van der Waals surface area contributed by atoms with Crippen LogP contribution in [0.3, 0.4) is 0 Å². The molecule has 152 valence electrons. The van der Waals surface area contributed by atoms with E-state index in [1.165, 1.54) is 21.9 Å². The van der Waals surface area contributed by atoms with Crippen molar-refractivity contribution in [3.63, 3.8) is 0 Å². The zero-order valence-corrected chi connectivity index (χ0v) is 17.8. The molecule has 1 N–H and O–H groups in total. The van der Waals surface area contributed by atoms with Crippen molar-refractivity contribution in [3.8, 4) is 0 Å². The summed E-state index contributed by atoms with van der Waals surface area (Å²) in [5.41, 5.74) is 2.73. The van der Waals surface area contributed by atoms with Gasteiger partial charge in [-0.3, -0.25) is 4.79 Å². The molecule has 29 heavy (non-hydrogen) atoms. The van der Waals surface area contributed by atoms with E-state index in [0.29, 0.717) is 11.7 Å². The fourth-order valence-corrected chi connectivity index (χ4v) is 4.88. The van der Waals surface area contributed by atoms with Gasteiger partial charge in [0.05, 0.1) is 5.75 Å². The van der Waals surface area contributed by atoms with E-state index in [1.807, 2.05) is 0 Å². The smallest absolute Gasteiger partial charge is 0.232 e. The third kappa shape index (κ3) is 5.62. The monoisotopic (exact) mass is 407 g/mol. The summed E-state index contributed by atoms with van der Waals surface area (Å²) in [5.74, 6) is 2.33. The van der Waals surface area contributed by atoms with Crippen molar-refractivity contribution in [2.45, 2.75) is 24.5 Å². The largest absolute Gasteiger partial charge is 0.400 e. The average Bonchev–Trinajstić information content (AvgIpc) is 2.81. The van der Waals surface area contributed by atoms with Gasteiger partial charge in [-0.25, -0.2) is 0 Å². The number of fused-ring (bicyclic) bond motifs is 1. The van der Waals surface area contributed by atoms with Gasteiger partial charge in [-0.1, -0.05) is 72.8 Å². The number of nitrogens with zero attached hydrogens (tertiary/aromatic N) is 1. The number of hydrogen-bond acceptors (Lipinski definition) is 3. The predicted molar refractivity (Wildman–Crippen MR) is 123 cm³/mol. The Kier molecular flexibility index (Phi) is 8.14. The number of carbonyl (C=O) groups is 1. The lowest BCUT2D eigenvalue weighted by Crippen LogP contribution is -2.38. The normalized spacial score (nSPS) is 14.3. The summed E-state index contributed by atoms with van der Waals surface area (Å²) in [6, 6.07) is 25.6. The maximum atomic E-state index is 12.6. The Bertz CT molecular complexity index is 900. The molecule has 1 aliphatic rings. The molecule has 0 spiro atoms. The Labute approximate surface area is 177 Å². The third-order valence-electron chi connectivity index (χ3n) is 5.48. The van der Waals surface area contributed by atoms with Gasteiger partial charge in [0.25, 0.3) is 0 Å². The number of amides is 1. The van der Waals surface area contributed by atoms with E-state index in [0.717, 1.165) is 38.8 Å². The number of rotatable bonds is 5. The topological polar surface area (TPSA) is 40.5 Å². The van der Waals surface area contributed by atoms with Crippen LogP contribution in [0, 0.1) is 0 Å². The van der Waals surface area contributed by atoms with Crippen LogP contribution in [0.5, 0.6) is 0 Å². The van der Waals surface area contributed by atoms with Crippen LogP contribution in [0.4, 0.5) is 0 Å². The standard InChI is InChI=1S/C24H25NOS.CH4O/c26-24(25-15-13-20(14-16-25)19-7-2-1-3-8-19)18-27-17-22-11-6-10-21-9-4-5-12-23(21)22;1-2/h1-12,20H,13-18H2;2H,1H3. The second-order valence-corrected chi connectivity index (χ2v) is 8.18. The van der Waals surface area contributed by atoms with Crippen LogP contribution < -0.4 is 0 Å². The Hall–Kier alpha value is -2.30. The van der Waals surface area contributed by atoms with Gasteiger partial charge in [-0.2, -0.15) is 0 Å². The maximum Gasteiger partial charge on any atom is 0.232 e. The summed E-state index contributed by atoms with van der Waals surface area (Å²) in [5, 5.41) is 9.56. The highest BCUT2D eigenvalue weighted by Crippen LogP contribution is 2.28. The average molecular weight is 408 g/mol. The molecule has 0 bridgehead atoms. The van der Waals surface area contributed by atoms with Gasteiger partial charge < -0.3 is 10.0 Å². The van der Waals surface area contributed by atoms with Crippen molar-refractivity contribution in [3.05, 3.63) is 83.9 Å². The first-order chi connectivity index (χ1) is 14.3. The lowest BCUT2D eigenvalue weighted by Gasteiger charge is -2.32. The van der Waals surface area contributed by atoms with Crippen molar-refractivity contribution in [2.24, 2.45) is 0 Å². The molecule has 0 aromatic heterocycles. The highest BCUT2D eigenvalue weighted by molar-refractivity contribution is 7.99. The fraction of sp³-hybridized carbons (Fsp3) is 0.320. The van der Waals surface area contributed by atoms with E-state index in [-0.39, 0.29) is 5.91 Å². The molecule has 1 saturated heterocycles. The van der Waals surface area contributed by atoms with Gasteiger partial charge in [-0.15, -0.1) is 11.8 Å². The summed E-state index contributed by atoms with van der Waals surface area (Å²) >= 11 is 1.73. The second kappa shape index (κ2) is 11.0. The van der Waals surface area contributed by atoms with Crippen LogP contribution >= 0.6 is 11.8 Å². The molecule has 0 unspecified atom stereocenters. The van der Waals surface area contributed by atoms with Gasteiger partial charge in [-0.05, 0) is 40.7 Å². The highest BCUT2D eigenvalue weighted by Gasteiger charge is 2.23. The van der Waals surface area contributed by atoms with Crippen LogP contribution in [-0.4, -0.2) is 41.9 Å². The SMILES string of the molecule is CO.O=C(CSCc1cccc2ccccc12)N1CCC(c2ccccc2)CC1. The molecule has 0 aliphatic carbocycles. The minimum Gasteiger partial charge on any atom is -0.400 e. The molecule has 1 aliphatic heterocycles. The molecule has 1 heterocycles. The zero-order chi connectivity index (χ0) is 20.5. The Morgan fingerprint density at radius 1 is 0.931 bits per heavy atom. The first kappa shape index (κ1) is 21.4. The highest BCUT2D eigenvalue weighted by atomic mass is 32.2. The first-order valence-electron chi connectivity index (χ1n) is 10.1. The molecule has 4 rings (SSSR count). The summed E-state index contributed by atoms with van der Waals surface area (Å²) in [6.07, 6.45) is 2.15. The Morgan fingerprint density at radius 2 is 1.59 bits per heavy atom. The number of hydrogen-bond donors (Lipinski definition) is 1. The lowest BCUT2D eigenvalue weighted by molar-refractivity contribution is -0.129. The number of carbonyl (C=O) groups excluding carboxylic acids is 1. The van der Waals surface area contributed by atoms with Crippen molar-refractivity contribution in [1.29, 1.82) is 0 Å². The van der Waals surface area contributed by atoms with Crippen LogP contribution in [0.25, 0.3) is 10.8 Å². The lowest BCUT2D eigenvalue weighted by atomic mass is 9.89. The fourth-order valence-electron chi connectivity index (χ4n) is 3.95. The van der Waals surface area contributed by atoms with E-state index in [1.54, 1.807) is 11.8 Å². The minimum absolute atomic E-state index is 0.284. The molecule has 0 atom stereocenters. The molecule has 1 fully saturated rings. The third-order valence-corrected chi connectivity index (χ3v) is 6.45. The number of piperidine rings is 1. The maximum absolute atomic E-state index is 12.6. The number of aliphatic hydroxyl groups excluding tert-OH is 1. The molecular formula is C25H29NO2S. The van der Waals surface area contributed by atoms with Crippen LogP contribution in [0.15, 0.2) is 72.8 Å². The molecule has 0 saturated carbocycles. The molecule has 3 aromatic rings. The molecule has 1 amide bonds. The van der Waals surface area contributed by atoms with Crippen molar-refractivity contribution < 1.29 is 9.90 Å². The Morgan fingerprint density at radius 3 is 2.34 bits per heavy atom. The van der Waals surface area contributed by atoms with Crippen molar-refractivity contribution in [2.75, 3.05) is 26.0 Å². The summed E-state index contributed by atoms with van der Waals surface area (Å²) in [7, 11) is 1.00. The molecule has 3 aromatic carbocycles. The summed E-state index contributed by atoms with van der Waals surface area (Å²) in [4.78, 5) is 14.7. The van der Waals surface area contributed by atoms with E-state index in [4.69, 9.17) is 5.11 Å². The Balaban J connectivity index is 0.00000117. The van der Waals surface area contributed by atoms with E-state index >= 15 is 0 Å². The van der Waals surface area contributed by atoms with Crippen LogP contribution in [0.2, 0.25) is 0 Å². The number of likely N-dealkylation sites (tertiary alicyclic amines) is 1. The van der Waals surface area contributed by atoms with Gasteiger partial charge in [0.1, 0.15) is 0 Å². The van der Waals surface area contributed by atoms with Crippen LogP contribution in [0.1, 0.15) is 29.9 Å². The van der Waals surface area contributed by atoms with Gasteiger partial charge >= 0.3 is 0 Å². The molecular weight excluding hydrogens is 378 g/mol. The molecule has 4 heteroatoms. The number of thioether (sulfide) groups is 1. The number of benzene rings is 3.